The van der Waals surface area contributed by atoms with Crippen molar-refractivity contribution in [2.45, 2.75) is 45.1 Å². The van der Waals surface area contributed by atoms with Gasteiger partial charge >= 0.3 is 0 Å². The van der Waals surface area contributed by atoms with Crippen molar-refractivity contribution in [3.8, 4) is 0 Å². The second kappa shape index (κ2) is 8.48. The zero-order valence-corrected chi connectivity index (χ0v) is 11.1. The van der Waals surface area contributed by atoms with Gasteiger partial charge in [-0.15, -0.1) is 0 Å². The van der Waals surface area contributed by atoms with Crippen LogP contribution in [0.25, 0.3) is 0 Å². The monoisotopic (exact) mass is 242 g/mol. The van der Waals surface area contributed by atoms with E-state index in [2.05, 4.69) is 17.6 Å². The third-order valence-electron chi connectivity index (χ3n) is 3.39. The van der Waals surface area contributed by atoms with E-state index in [0.717, 1.165) is 25.3 Å². The van der Waals surface area contributed by atoms with Gasteiger partial charge in [0.1, 0.15) is 0 Å². The Labute approximate surface area is 104 Å². The van der Waals surface area contributed by atoms with Gasteiger partial charge in [0.15, 0.2) is 0 Å². The molecule has 2 atom stereocenters. The molecule has 2 unspecified atom stereocenters. The maximum atomic E-state index is 11.7. The molecule has 1 fully saturated rings. The van der Waals surface area contributed by atoms with Crippen molar-refractivity contribution < 1.29 is 9.53 Å². The lowest BCUT2D eigenvalue weighted by Gasteiger charge is -2.16. The number of ether oxygens (including phenoxy) is 1. The Morgan fingerprint density at radius 1 is 1.29 bits per heavy atom. The van der Waals surface area contributed by atoms with Crippen molar-refractivity contribution in [1.82, 2.24) is 10.6 Å². The summed E-state index contributed by atoms with van der Waals surface area (Å²) in [5, 5.41) is 6.18. The highest BCUT2D eigenvalue weighted by Gasteiger charge is 2.17. The highest BCUT2D eigenvalue weighted by molar-refractivity contribution is 5.78. The number of rotatable bonds is 6. The van der Waals surface area contributed by atoms with E-state index in [1.54, 1.807) is 7.11 Å². The topological polar surface area (TPSA) is 50.4 Å². The molecular weight excluding hydrogens is 216 g/mol. The Morgan fingerprint density at radius 3 is 2.88 bits per heavy atom. The summed E-state index contributed by atoms with van der Waals surface area (Å²) < 4.78 is 4.91. The Bertz CT molecular complexity index is 221. The quantitative estimate of drug-likeness (QED) is 0.545. The fourth-order valence-corrected chi connectivity index (χ4v) is 2.29. The second-order valence-corrected chi connectivity index (χ2v) is 5.05. The first kappa shape index (κ1) is 14.5. The van der Waals surface area contributed by atoms with Crippen LogP contribution in [0.1, 0.15) is 39.0 Å². The Hall–Kier alpha value is -0.610. The van der Waals surface area contributed by atoms with E-state index in [1.807, 2.05) is 0 Å². The molecule has 0 heterocycles. The van der Waals surface area contributed by atoms with E-state index in [1.165, 1.54) is 19.3 Å². The molecule has 0 aliphatic heterocycles. The molecule has 100 valence electrons. The summed E-state index contributed by atoms with van der Waals surface area (Å²) >= 11 is 0. The summed E-state index contributed by atoms with van der Waals surface area (Å²) in [7, 11) is 1.66. The molecule has 1 amide bonds. The van der Waals surface area contributed by atoms with E-state index < -0.39 is 0 Å². The van der Waals surface area contributed by atoms with Gasteiger partial charge in [-0.3, -0.25) is 4.79 Å². The number of hydrogen-bond donors (Lipinski definition) is 2. The van der Waals surface area contributed by atoms with Crippen LogP contribution < -0.4 is 10.6 Å². The summed E-state index contributed by atoms with van der Waals surface area (Å²) in [6, 6.07) is 0.386. The van der Waals surface area contributed by atoms with E-state index in [-0.39, 0.29) is 5.91 Å². The minimum absolute atomic E-state index is 0.112. The van der Waals surface area contributed by atoms with Crippen LogP contribution in [0.3, 0.4) is 0 Å². The molecule has 0 bridgehead atoms. The fraction of sp³-hybridized carbons (Fsp3) is 0.923. The van der Waals surface area contributed by atoms with Crippen LogP contribution in [-0.2, 0) is 9.53 Å². The highest BCUT2D eigenvalue weighted by Crippen LogP contribution is 2.22. The van der Waals surface area contributed by atoms with Crippen LogP contribution in [0.2, 0.25) is 0 Å². The van der Waals surface area contributed by atoms with Crippen molar-refractivity contribution in [1.29, 1.82) is 0 Å². The van der Waals surface area contributed by atoms with Crippen molar-refractivity contribution in [3.05, 3.63) is 0 Å². The van der Waals surface area contributed by atoms with Gasteiger partial charge in [0.05, 0.1) is 13.2 Å². The first-order chi connectivity index (χ1) is 8.22. The zero-order valence-electron chi connectivity index (χ0n) is 11.1. The summed E-state index contributed by atoms with van der Waals surface area (Å²) in [5.74, 6) is 0.928. The van der Waals surface area contributed by atoms with E-state index >= 15 is 0 Å². The van der Waals surface area contributed by atoms with Crippen molar-refractivity contribution in [2.24, 2.45) is 5.92 Å². The van der Waals surface area contributed by atoms with Crippen LogP contribution in [0, 0.1) is 5.92 Å². The normalized spacial score (nSPS) is 25.3. The van der Waals surface area contributed by atoms with E-state index in [9.17, 15) is 4.79 Å². The molecule has 17 heavy (non-hydrogen) atoms. The molecule has 0 radical (unpaired) electrons. The molecule has 0 saturated heterocycles. The summed E-state index contributed by atoms with van der Waals surface area (Å²) in [4.78, 5) is 11.7. The summed E-state index contributed by atoms with van der Waals surface area (Å²) in [6.45, 7) is 4.08. The highest BCUT2D eigenvalue weighted by atomic mass is 16.5. The minimum atomic E-state index is 0.112. The number of amides is 1. The largest absolute Gasteiger partial charge is 0.383 e. The average molecular weight is 242 g/mol. The fourth-order valence-electron chi connectivity index (χ4n) is 2.29. The lowest BCUT2D eigenvalue weighted by Crippen LogP contribution is -2.40. The van der Waals surface area contributed by atoms with Gasteiger partial charge < -0.3 is 15.4 Å². The Balaban J connectivity index is 2.12. The lowest BCUT2D eigenvalue weighted by molar-refractivity contribution is -0.121. The van der Waals surface area contributed by atoms with Crippen molar-refractivity contribution in [3.63, 3.8) is 0 Å². The third-order valence-corrected chi connectivity index (χ3v) is 3.39. The number of carbonyl (C=O) groups excluding carboxylic acids is 1. The molecule has 4 nitrogen and oxygen atoms in total. The number of hydrogen-bond acceptors (Lipinski definition) is 3. The Kier molecular flexibility index (Phi) is 7.21. The predicted octanol–water partition coefficient (Wildman–Crippen LogP) is 1.31. The van der Waals surface area contributed by atoms with Crippen LogP contribution in [0.15, 0.2) is 0 Å². The molecular formula is C13H26N2O2. The molecule has 2 N–H and O–H groups in total. The first-order valence-corrected chi connectivity index (χ1v) is 6.71. The number of nitrogens with one attached hydrogen (secondary N) is 2. The summed E-state index contributed by atoms with van der Waals surface area (Å²) in [5.41, 5.74) is 0. The zero-order chi connectivity index (χ0) is 12.5. The second-order valence-electron chi connectivity index (χ2n) is 5.05. The smallest absolute Gasteiger partial charge is 0.234 e. The molecule has 1 aliphatic rings. The van der Waals surface area contributed by atoms with Crippen LogP contribution in [0.5, 0.6) is 0 Å². The predicted molar refractivity (Wildman–Crippen MR) is 68.9 cm³/mol. The molecule has 4 heteroatoms. The average Bonchev–Trinajstić information content (AvgIpc) is 2.50. The van der Waals surface area contributed by atoms with Crippen molar-refractivity contribution in [2.75, 3.05) is 26.8 Å². The number of methoxy groups -OCH3 is 1. The van der Waals surface area contributed by atoms with Gasteiger partial charge in [-0.2, -0.15) is 0 Å². The SMILES string of the molecule is COCCNCC(=O)NC1CCCC(C)CC1. The molecule has 1 aliphatic carbocycles. The van der Waals surface area contributed by atoms with Gasteiger partial charge in [-0.25, -0.2) is 0 Å². The molecule has 0 aromatic carbocycles. The molecule has 0 spiro atoms. The minimum Gasteiger partial charge on any atom is -0.383 e. The van der Waals surface area contributed by atoms with Gasteiger partial charge in [-0.05, 0) is 25.2 Å². The molecule has 0 aromatic heterocycles. The third kappa shape index (κ3) is 6.64. The standard InChI is InChI=1S/C13H26N2O2/c1-11-4-3-5-12(7-6-11)15-13(16)10-14-8-9-17-2/h11-12,14H,3-10H2,1-2H3,(H,15,16). The molecule has 1 rings (SSSR count). The maximum absolute atomic E-state index is 11.7. The summed E-state index contributed by atoms with van der Waals surface area (Å²) in [6.07, 6.45) is 6.04. The van der Waals surface area contributed by atoms with Crippen LogP contribution in [0.4, 0.5) is 0 Å². The van der Waals surface area contributed by atoms with Crippen molar-refractivity contribution >= 4 is 5.91 Å². The molecule has 1 saturated carbocycles. The maximum Gasteiger partial charge on any atom is 0.234 e. The van der Waals surface area contributed by atoms with Crippen LogP contribution >= 0.6 is 0 Å². The van der Waals surface area contributed by atoms with E-state index in [0.29, 0.717) is 19.2 Å². The van der Waals surface area contributed by atoms with E-state index in [4.69, 9.17) is 4.74 Å². The number of carbonyl (C=O) groups is 1. The first-order valence-electron chi connectivity index (χ1n) is 6.71. The Morgan fingerprint density at radius 2 is 2.12 bits per heavy atom. The molecule has 0 aromatic rings. The van der Waals surface area contributed by atoms with Gasteiger partial charge in [0.25, 0.3) is 0 Å². The van der Waals surface area contributed by atoms with Crippen LogP contribution in [-0.4, -0.2) is 38.8 Å². The van der Waals surface area contributed by atoms with Gasteiger partial charge in [0.2, 0.25) is 5.91 Å². The van der Waals surface area contributed by atoms with Gasteiger partial charge in [0, 0.05) is 19.7 Å². The van der Waals surface area contributed by atoms with Gasteiger partial charge in [-0.1, -0.05) is 19.8 Å². The lowest BCUT2D eigenvalue weighted by atomic mass is 10.0.